The zero-order chi connectivity index (χ0) is 14.9. The van der Waals surface area contributed by atoms with Crippen molar-refractivity contribution in [1.82, 2.24) is 4.90 Å². The summed E-state index contributed by atoms with van der Waals surface area (Å²) in [6.07, 6.45) is 9.46. The number of unbranched alkanes of at least 4 members (excludes halogenated alkanes) is 1. The first-order valence-corrected chi connectivity index (χ1v) is 8.01. The molecule has 2 rings (SSSR count). The first kappa shape index (κ1) is 16.2. The summed E-state index contributed by atoms with van der Waals surface area (Å²) in [6, 6.07) is 6.57. The number of ether oxygens (including phenoxy) is 1. The lowest BCUT2D eigenvalue weighted by atomic mass is 10.1. The quantitative estimate of drug-likeness (QED) is 0.699. The van der Waals surface area contributed by atoms with E-state index in [-0.39, 0.29) is 5.82 Å². The molecule has 21 heavy (non-hydrogen) atoms. The van der Waals surface area contributed by atoms with Gasteiger partial charge in [0.1, 0.15) is 5.82 Å². The lowest BCUT2D eigenvalue weighted by molar-refractivity contribution is -0.000388. The van der Waals surface area contributed by atoms with E-state index >= 15 is 0 Å². The Bertz CT molecular complexity index is 421. The summed E-state index contributed by atoms with van der Waals surface area (Å²) < 4.78 is 18.8. The van der Waals surface area contributed by atoms with Gasteiger partial charge in [-0.25, -0.2) is 4.39 Å². The third-order valence-corrected chi connectivity index (χ3v) is 3.92. The second-order valence-electron chi connectivity index (χ2n) is 5.70. The highest BCUT2D eigenvalue weighted by Gasteiger charge is 2.18. The molecule has 0 unspecified atom stereocenters. The van der Waals surface area contributed by atoms with Crippen LogP contribution in [0.25, 0.3) is 0 Å². The van der Waals surface area contributed by atoms with E-state index in [1.54, 1.807) is 12.1 Å². The van der Waals surface area contributed by atoms with Gasteiger partial charge in [-0.2, -0.15) is 0 Å². The first-order valence-electron chi connectivity index (χ1n) is 8.01. The van der Waals surface area contributed by atoms with Crippen LogP contribution in [0.15, 0.2) is 36.4 Å². The fourth-order valence-corrected chi connectivity index (χ4v) is 2.56. The van der Waals surface area contributed by atoms with Gasteiger partial charge in [0.15, 0.2) is 0 Å². The Kier molecular flexibility index (Phi) is 6.90. The van der Waals surface area contributed by atoms with E-state index in [1.165, 1.54) is 25.0 Å². The highest BCUT2D eigenvalue weighted by Crippen LogP contribution is 2.16. The molecule has 2 nitrogen and oxygen atoms in total. The van der Waals surface area contributed by atoms with Crippen molar-refractivity contribution < 1.29 is 9.13 Å². The number of hydrogen-bond acceptors (Lipinski definition) is 2. The van der Waals surface area contributed by atoms with Crippen molar-refractivity contribution in [1.29, 1.82) is 0 Å². The second kappa shape index (κ2) is 8.96. The number of allylic oxidation sites excluding steroid dienone is 1. The van der Waals surface area contributed by atoms with Gasteiger partial charge in [-0.05, 0) is 37.0 Å². The largest absolute Gasteiger partial charge is 0.373 e. The van der Waals surface area contributed by atoms with Gasteiger partial charge >= 0.3 is 0 Å². The normalized spacial score (nSPS) is 17.6. The molecule has 0 atom stereocenters. The van der Waals surface area contributed by atoms with Crippen LogP contribution in [-0.4, -0.2) is 30.6 Å². The van der Waals surface area contributed by atoms with E-state index in [0.717, 1.165) is 38.0 Å². The molecule has 0 saturated carbocycles. The average Bonchev–Trinajstić information content (AvgIpc) is 2.52. The highest BCUT2D eigenvalue weighted by molar-refractivity contribution is 5.15. The van der Waals surface area contributed by atoms with E-state index in [1.807, 2.05) is 0 Å². The van der Waals surface area contributed by atoms with Crippen LogP contribution >= 0.6 is 0 Å². The van der Waals surface area contributed by atoms with Gasteiger partial charge in [-0.1, -0.05) is 37.6 Å². The van der Waals surface area contributed by atoms with Crippen LogP contribution in [0.4, 0.5) is 4.39 Å². The van der Waals surface area contributed by atoms with Crippen LogP contribution in [0.3, 0.4) is 0 Å². The van der Waals surface area contributed by atoms with Crippen LogP contribution in [0.2, 0.25) is 0 Å². The van der Waals surface area contributed by atoms with E-state index in [0.29, 0.717) is 12.7 Å². The van der Waals surface area contributed by atoms with Gasteiger partial charge in [-0.3, -0.25) is 4.90 Å². The molecule has 0 N–H and O–H groups in total. The third-order valence-electron chi connectivity index (χ3n) is 3.92. The fourth-order valence-electron chi connectivity index (χ4n) is 2.56. The van der Waals surface area contributed by atoms with Gasteiger partial charge in [0, 0.05) is 19.6 Å². The minimum Gasteiger partial charge on any atom is -0.373 e. The van der Waals surface area contributed by atoms with Crippen molar-refractivity contribution >= 4 is 0 Å². The minimum atomic E-state index is -0.191. The van der Waals surface area contributed by atoms with Crippen LogP contribution in [0.5, 0.6) is 0 Å². The first-order chi connectivity index (χ1) is 10.3. The number of halogens is 1. The summed E-state index contributed by atoms with van der Waals surface area (Å²) in [7, 11) is 0. The lowest BCUT2D eigenvalue weighted by Gasteiger charge is -2.31. The molecule has 0 aliphatic carbocycles. The van der Waals surface area contributed by atoms with Gasteiger partial charge in [0.2, 0.25) is 0 Å². The van der Waals surface area contributed by atoms with E-state index < -0.39 is 0 Å². The molecule has 1 saturated heterocycles. The van der Waals surface area contributed by atoms with E-state index in [9.17, 15) is 4.39 Å². The Labute approximate surface area is 127 Å². The summed E-state index contributed by atoms with van der Waals surface area (Å²) >= 11 is 0. The van der Waals surface area contributed by atoms with Crippen molar-refractivity contribution in [3.05, 3.63) is 47.8 Å². The lowest BCUT2D eigenvalue weighted by Crippen LogP contribution is -2.37. The monoisotopic (exact) mass is 291 g/mol. The smallest absolute Gasteiger partial charge is 0.123 e. The molecule has 1 aromatic rings. The zero-order valence-electron chi connectivity index (χ0n) is 12.9. The molecule has 0 amide bonds. The topological polar surface area (TPSA) is 12.5 Å². The number of hydrogen-bond donors (Lipinski definition) is 0. The summed E-state index contributed by atoms with van der Waals surface area (Å²) in [5.41, 5.74) is 1.04. The molecule has 0 spiro atoms. The van der Waals surface area contributed by atoms with Gasteiger partial charge in [0.25, 0.3) is 0 Å². The Morgan fingerprint density at radius 3 is 2.57 bits per heavy atom. The number of rotatable bonds is 7. The predicted octanol–water partition coefficient (Wildman–Crippen LogP) is 4.16. The number of piperidine rings is 1. The van der Waals surface area contributed by atoms with E-state index in [4.69, 9.17) is 4.74 Å². The van der Waals surface area contributed by atoms with Crippen LogP contribution in [0, 0.1) is 5.82 Å². The standard InChI is InChI=1S/C18H26FNO/c1-2-3-4-5-12-20-13-10-18(11-14-20)21-15-16-6-8-17(19)9-7-16/h4-9,18H,2-3,10-15H2,1H3/b5-4+. The van der Waals surface area contributed by atoms with Gasteiger partial charge < -0.3 is 4.74 Å². The van der Waals surface area contributed by atoms with Crippen LogP contribution in [0.1, 0.15) is 38.2 Å². The molecule has 1 aliphatic heterocycles. The Morgan fingerprint density at radius 2 is 1.90 bits per heavy atom. The predicted molar refractivity (Wildman–Crippen MR) is 84.7 cm³/mol. The SMILES string of the molecule is CCC/C=C/CN1CCC(OCc2ccc(F)cc2)CC1. The maximum atomic E-state index is 12.8. The van der Waals surface area contributed by atoms with Gasteiger partial charge in [-0.15, -0.1) is 0 Å². The van der Waals surface area contributed by atoms with Crippen molar-refractivity contribution in [3.8, 4) is 0 Å². The summed E-state index contributed by atoms with van der Waals surface area (Å²) in [5, 5.41) is 0. The average molecular weight is 291 g/mol. The van der Waals surface area contributed by atoms with Crippen molar-refractivity contribution in [2.75, 3.05) is 19.6 Å². The molecule has 1 aliphatic rings. The Morgan fingerprint density at radius 1 is 1.19 bits per heavy atom. The molecule has 1 aromatic carbocycles. The number of nitrogens with zero attached hydrogens (tertiary/aromatic N) is 1. The molecule has 3 heteroatoms. The summed E-state index contributed by atoms with van der Waals surface area (Å²) in [5.74, 6) is -0.191. The molecule has 116 valence electrons. The minimum absolute atomic E-state index is 0.191. The summed E-state index contributed by atoms with van der Waals surface area (Å²) in [6.45, 7) is 6.05. The number of likely N-dealkylation sites (tertiary alicyclic amines) is 1. The van der Waals surface area contributed by atoms with Crippen molar-refractivity contribution in [3.63, 3.8) is 0 Å². The Hall–Kier alpha value is -1.19. The molecule has 0 radical (unpaired) electrons. The Balaban J connectivity index is 1.63. The molecular formula is C18H26FNO. The second-order valence-corrected chi connectivity index (χ2v) is 5.70. The zero-order valence-corrected chi connectivity index (χ0v) is 12.9. The maximum absolute atomic E-state index is 12.8. The van der Waals surface area contributed by atoms with Crippen LogP contribution in [-0.2, 0) is 11.3 Å². The van der Waals surface area contributed by atoms with E-state index in [2.05, 4.69) is 24.0 Å². The van der Waals surface area contributed by atoms with Crippen molar-refractivity contribution in [2.24, 2.45) is 0 Å². The number of benzene rings is 1. The van der Waals surface area contributed by atoms with Crippen LogP contribution < -0.4 is 0 Å². The van der Waals surface area contributed by atoms with Crippen molar-refractivity contribution in [2.45, 2.75) is 45.3 Å². The van der Waals surface area contributed by atoms with Gasteiger partial charge in [0.05, 0.1) is 12.7 Å². The fraction of sp³-hybridized carbons (Fsp3) is 0.556. The molecule has 0 aromatic heterocycles. The highest BCUT2D eigenvalue weighted by atomic mass is 19.1. The maximum Gasteiger partial charge on any atom is 0.123 e. The molecule has 0 bridgehead atoms. The third kappa shape index (κ3) is 5.98. The molecule has 1 heterocycles. The summed E-state index contributed by atoms with van der Waals surface area (Å²) in [4.78, 5) is 2.48. The molecular weight excluding hydrogens is 265 g/mol. The molecule has 1 fully saturated rings.